The Morgan fingerprint density at radius 2 is 2.08 bits per heavy atom. The fourth-order valence-corrected chi connectivity index (χ4v) is 4.99. The van der Waals surface area contributed by atoms with Crippen LogP contribution in [0.15, 0.2) is 30.6 Å². The molecule has 11 heteroatoms. The van der Waals surface area contributed by atoms with E-state index >= 15 is 0 Å². The monoisotopic (exact) mass is 494 g/mol. The first-order chi connectivity index (χ1) is 17.9. The first-order valence-corrected chi connectivity index (χ1v) is 12.2. The van der Waals surface area contributed by atoms with Gasteiger partial charge in [-0.05, 0) is 36.4 Å². The van der Waals surface area contributed by atoms with Gasteiger partial charge in [-0.15, -0.1) is 0 Å². The number of nitrogens with zero attached hydrogens (tertiary/aromatic N) is 7. The number of nitrogens with one attached hydrogen (secondary N) is 2. The van der Waals surface area contributed by atoms with Gasteiger partial charge in [-0.25, -0.2) is 9.97 Å². The molecule has 4 aromatic rings. The highest BCUT2D eigenvalue weighted by atomic mass is 16.2. The summed E-state index contributed by atoms with van der Waals surface area (Å²) in [5.41, 5.74) is 11.6. The number of likely N-dealkylation sites (N-methyl/N-ethyl adjacent to an activating group) is 1. The van der Waals surface area contributed by atoms with Gasteiger partial charge in [0, 0.05) is 61.7 Å². The number of nitriles is 1. The Morgan fingerprint density at radius 1 is 1.22 bits per heavy atom. The molecule has 2 aliphatic heterocycles. The predicted molar refractivity (Wildman–Crippen MR) is 140 cm³/mol. The summed E-state index contributed by atoms with van der Waals surface area (Å²) in [5, 5.41) is 22.3. The minimum atomic E-state index is -0.213. The number of pyridine rings is 3. The highest BCUT2D eigenvalue weighted by Gasteiger charge is 2.25. The highest BCUT2D eigenvalue weighted by Crippen LogP contribution is 2.37. The Hall–Kier alpha value is -4.72. The number of hydrogen-bond acceptors (Lipinski definition) is 9. The van der Waals surface area contributed by atoms with Crippen LogP contribution in [-0.4, -0.2) is 55.7 Å². The van der Waals surface area contributed by atoms with E-state index in [0.29, 0.717) is 29.7 Å². The number of aromatic nitrogens is 5. The van der Waals surface area contributed by atoms with Gasteiger partial charge in [0.1, 0.15) is 18.2 Å². The van der Waals surface area contributed by atoms with Crippen molar-refractivity contribution in [2.75, 3.05) is 36.5 Å². The van der Waals surface area contributed by atoms with Crippen LogP contribution in [0.3, 0.4) is 0 Å². The number of anilines is 4. The fourth-order valence-electron chi connectivity index (χ4n) is 4.99. The molecule has 0 saturated carbocycles. The molecule has 0 radical (unpaired) electrons. The maximum Gasteiger partial charge on any atom is 0.244 e. The molecule has 0 unspecified atom stereocenters. The molecule has 4 aromatic heterocycles. The normalized spacial score (nSPS) is 16.9. The molecule has 0 aliphatic carbocycles. The Kier molecular flexibility index (Phi) is 5.37. The molecule has 1 atom stereocenters. The highest BCUT2D eigenvalue weighted by molar-refractivity contribution is 5.95. The van der Waals surface area contributed by atoms with E-state index in [0.717, 1.165) is 58.4 Å². The molecular formula is C26H26N10O. The van der Waals surface area contributed by atoms with Crippen LogP contribution in [0.5, 0.6) is 0 Å². The van der Waals surface area contributed by atoms with Gasteiger partial charge in [-0.3, -0.25) is 14.5 Å². The van der Waals surface area contributed by atoms with Crippen LogP contribution in [0.4, 0.5) is 23.1 Å². The van der Waals surface area contributed by atoms with Crippen LogP contribution >= 0.6 is 0 Å². The van der Waals surface area contributed by atoms with Crippen LogP contribution < -0.4 is 16.4 Å². The molecule has 6 rings (SSSR count). The second-order valence-corrected chi connectivity index (χ2v) is 9.51. The van der Waals surface area contributed by atoms with Crippen molar-refractivity contribution >= 4 is 39.8 Å². The van der Waals surface area contributed by atoms with Gasteiger partial charge in [0.05, 0.1) is 29.1 Å². The second kappa shape index (κ2) is 8.74. The topological polar surface area (TPSA) is 151 Å². The summed E-state index contributed by atoms with van der Waals surface area (Å²) in [4.78, 5) is 27.7. The van der Waals surface area contributed by atoms with Gasteiger partial charge < -0.3 is 21.3 Å². The number of carbonyl (C=O) groups excluding carboxylic acids is 1. The third kappa shape index (κ3) is 3.96. The number of amides is 1. The third-order valence-electron chi connectivity index (χ3n) is 7.14. The lowest BCUT2D eigenvalue weighted by atomic mass is 9.93. The molecule has 0 fully saturated rings. The molecule has 1 amide bonds. The Balaban J connectivity index is 1.34. The first-order valence-electron chi connectivity index (χ1n) is 12.2. The summed E-state index contributed by atoms with van der Waals surface area (Å²) in [7, 11) is 1.81. The second-order valence-electron chi connectivity index (χ2n) is 9.51. The van der Waals surface area contributed by atoms with Crippen LogP contribution in [0.25, 0.3) is 22.0 Å². The van der Waals surface area contributed by atoms with Crippen molar-refractivity contribution in [3.05, 3.63) is 47.5 Å². The van der Waals surface area contributed by atoms with E-state index in [2.05, 4.69) is 36.8 Å². The molecule has 0 bridgehead atoms. The Morgan fingerprint density at radius 3 is 2.92 bits per heavy atom. The lowest BCUT2D eigenvalue weighted by Crippen LogP contribution is -2.29. The van der Waals surface area contributed by atoms with E-state index in [4.69, 9.17) is 5.73 Å². The molecule has 37 heavy (non-hydrogen) atoms. The molecule has 11 nitrogen and oxygen atoms in total. The molecular weight excluding hydrogens is 468 g/mol. The fraction of sp³-hybridized carbons (Fsp3) is 0.308. The van der Waals surface area contributed by atoms with Crippen molar-refractivity contribution in [3.8, 4) is 17.3 Å². The summed E-state index contributed by atoms with van der Waals surface area (Å²) in [6, 6.07) is 8.18. The number of nitrogen functional groups attached to an aromatic ring is 1. The summed E-state index contributed by atoms with van der Waals surface area (Å²) in [6.45, 7) is 3.63. The number of rotatable bonds is 3. The average molecular weight is 495 g/mol. The van der Waals surface area contributed by atoms with Gasteiger partial charge in [0.15, 0.2) is 5.82 Å². The Bertz CT molecular complexity index is 1600. The minimum absolute atomic E-state index is 0.0399. The summed E-state index contributed by atoms with van der Waals surface area (Å²) < 4.78 is 1.74. The van der Waals surface area contributed by atoms with E-state index in [-0.39, 0.29) is 18.4 Å². The summed E-state index contributed by atoms with van der Waals surface area (Å²) >= 11 is 0. The van der Waals surface area contributed by atoms with Crippen molar-refractivity contribution < 1.29 is 4.79 Å². The van der Waals surface area contributed by atoms with E-state index in [1.165, 1.54) is 0 Å². The zero-order valence-electron chi connectivity index (χ0n) is 20.6. The Labute approximate surface area is 213 Å². The van der Waals surface area contributed by atoms with Crippen molar-refractivity contribution in [3.63, 3.8) is 0 Å². The summed E-state index contributed by atoms with van der Waals surface area (Å²) in [6.07, 6.45) is 4.95. The van der Waals surface area contributed by atoms with E-state index in [1.54, 1.807) is 22.0 Å². The number of fused-ring (bicyclic) bond motifs is 3. The van der Waals surface area contributed by atoms with Crippen LogP contribution in [0, 0.1) is 18.3 Å². The van der Waals surface area contributed by atoms with E-state index in [9.17, 15) is 10.1 Å². The van der Waals surface area contributed by atoms with Crippen LogP contribution in [-0.2, 0) is 17.8 Å². The number of carbonyl (C=O) groups is 1. The maximum atomic E-state index is 12.2. The zero-order chi connectivity index (χ0) is 25.7. The first kappa shape index (κ1) is 22.7. The third-order valence-corrected chi connectivity index (χ3v) is 7.14. The minimum Gasteiger partial charge on any atom is -0.383 e. The lowest BCUT2D eigenvalue weighted by Gasteiger charge is -2.24. The van der Waals surface area contributed by atoms with Crippen molar-refractivity contribution in [2.45, 2.75) is 32.2 Å². The standard InChI is InChI=1S/C26H26N10O/c1-14-18(11-31-25-15(10-27)3-5-29-24(14)25)20-7-16-8-21(30-12-19(16)26(28)32-20)33-22-9-17-4-6-35(2)23(37)13-36(17)34-22/h7-9,11-12,15,29H,3-6,13H2,1-2H3,(H2,28,32)(H,30,33,34)/t15-/m0/s1. The van der Waals surface area contributed by atoms with Crippen LogP contribution in [0.1, 0.15) is 29.3 Å². The number of hydrogen-bond donors (Lipinski definition) is 3. The quantitative estimate of drug-likeness (QED) is 0.390. The SMILES string of the molecule is Cc1c(-c2cc3cc(Nc4cc5n(n4)CC(=O)N(C)CC5)ncc3c(N)n2)cnc2c1NCC[C@H]2C#N. The molecule has 2 aliphatic rings. The van der Waals surface area contributed by atoms with Gasteiger partial charge in [0.25, 0.3) is 0 Å². The molecule has 6 heterocycles. The average Bonchev–Trinajstić information content (AvgIpc) is 3.21. The predicted octanol–water partition coefficient (Wildman–Crippen LogP) is 2.96. The van der Waals surface area contributed by atoms with Crippen LogP contribution in [0.2, 0.25) is 0 Å². The van der Waals surface area contributed by atoms with Crippen molar-refractivity contribution in [1.82, 2.24) is 29.6 Å². The smallest absolute Gasteiger partial charge is 0.244 e. The van der Waals surface area contributed by atoms with Gasteiger partial charge in [-0.2, -0.15) is 10.4 Å². The van der Waals surface area contributed by atoms with Crippen molar-refractivity contribution in [1.29, 1.82) is 5.26 Å². The van der Waals surface area contributed by atoms with Gasteiger partial charge in [0.2, 0.25) is 5.91 Å². The lowest BCUT2D eigenvalue weighted by molar-refractivity contribution is -0.130. The molecule has 0 saturated heterocycles. The van der Waals surface area contributed by atoms with Gasteiger partial charge >= 0.3 is 0 Å². The molecule has 0 spiro atoms. The maximum absolute atomic E-state index is 12.2. The van der Waals surface area contributed by atoms with Crippen molar-refractivity contribution in [2.24, 2.45) is 0 Å². The largest absolute Gasteiger partial charge is 0.383 e. The van der Waals surface area contributed by atoms with E-state index in [1.807, 2.05) is 32.2 Å². The molecule has 0 aromatic carbocycles. The zero-order valence-corrected chi connectivity index (χ0v) is 20.6. The molecule has 186 valence electrons. The van der Waals surface area contributed by atoms with Gasteiger partial charge in [-0.1, -0.05) is 0 Å². The van der Waals surface area contributed by atoms with E-state index < -0.39 is 0 Å². The summed E-state index contributed by atoms with van der Waals surface area (Å²) in [5.74, 6) is 1.45. The number of nitrogens with two attached hydrogens (primary N) is 1. The molecule has 4 N–H and O–H groups in total.